The molecule has 1 N–H and O–H groups in total. The molecule has 6 heteroatoms. The Morgan fingerprint density at radius 1 is 1.08 bits per heavy atom. The molecule has 0 unspecified atom stereocenters. The van der Waals surface area contributed by atoms with E-state index in [1.807, 2.05) is 24.3 Å². The molecule has 138 valence electrons. The summed E-state index contributed by atoms with van der Waals surface area (Å²) >= 11 is 0. The number of carbonyl (C=O) groups is 2. The quantitative estimate of drug-likeness (QED) is 0.789. The molecule has 5 nitrogen and oxygen atoms in total. The number of benzene rings is 2. The predicted molar refractivity (Wildman–Crippen MR) is 97.7 cm³/mol. The van der Waals surface area contributed by atoms with Crippen molar-refractivity contribution in [2.24, 2.45) is 0 Å². The number of hydrogen-bond acceptors (Lipinski definition) is 3. The van der Waals surface area contributed by atoms with Crippen LogP contribution in [0.5, 0.6) is 5.75 Å². The van der Waals surface area contributed by atoms with Crippen molar-refractivity contribution in [2.45, 2.75) is 13.3 Å². The first-order valence-corrected chi connectivity index (χ1v) is 8.43. The summed E-state index contributed by atoms with van der Waals surface area (Å²) in [5.41, 5.74) is 1.01. The van der Waals surface area contributed by atoms with E-state index in [0.717, 1.165) is 11.3 Å². The summed E-state index contributed by atoms with van der Waals surface area (Å²) in [4.78, 5) is 25.5. The molecule has 2 rings (SSSR count). The van der Waals surface area contributed by atoms with Gasteiger partial charge in [0.15, 0.2) is 0 Å². The van der Waals surface area contributed by atoms with Crippen LogP contribution < -0.4 is 10.1 Å². The zero-order valence-electron chi connectivity index (χ0n) is 15.0. The highest BCUT2D eigenvalue weighted by Gasteiger charge is 2.13. The van der Waals surface area contributed by atoms with Crippen molar-refractivity contribution in [1.82, 2.24) is 10.2 Å². The average molecular weight is 358 g/mol. The number of amides is 2. The molecule has 26 heavy (non-hydrogen) atoms. The molecule has 0 fully saturated rings. The van der Waals surface area contributed by atoms with E-state index >= 15 is 0 Å². The molecule has 2 aromatic carbocycles. The second-order valence-electron chi connectivity index (χ2n) is 5.80. The molecule has 2 amide bonds. The highest BCUT2D eigenvalue weighted by atomic mass is 19.1. The number of ether oxygens (including phenoxy) is 1. The third-order valence-electron chi connectivity index (χ3n) is 4.07. The van der Waals surface area contributed by atoms with E-state index in [0.29, 0.717) is 19.5 Å². The van der Waals surface area contributed by atoms with E-state index in [-0.39, 0.29) is 18.0 Å². The second-order valence-corrected chi connectivity index (χ2v) is 5.80. The van der Waals surface area contributed by atoms with Gasteiger partial charge in [0.05, 0.1) is 12.7 Å². The van der Waals surface area contributed by atoms with Crippen LogP contribution in [0.15, 0.2) is 48.5 Å². The van der Waals surface area contributed by atoms with Crippen LogP contribution in [0.1, 0.15) is 22.8 Å². The zero-order chi connectivity index (χ0) is 18.9. The van der Waals surface area contributed by atoms with E-state index in [2.05, 4.69) is 5.32 Å². The molecular weight excluding hydrogens is 335 g/mol. The number of rotatable bonds is 8. The molecule has 0 radical (unpaired) electrons. The van der Waals surface area contributed by atoms with Crippen LogP contribution in [-0.2, 0) is 11.2 Å². The Morgan fingerprint density at radius 3 is 2.46 bits per heavy atom. The molecule has 0 saturated heterocycles. The fraction of sp³-hybridized carbons (Fsp3) is 0.300. The maximum Gasteiger partial charge on any atom is 0.254 e. The Morgan fingerprint density at radius 2 is 1.77 bits per heavy atom. The van der Waals surface area contributed by atoms with Gasteiger partial charge in [-0.2, -0.15) is 0 Å². The van der Waals surface area contributed by atoms with Crippen molar-refractivity contribution in [1.29, 1.82) is 0 Å². The number of nitrogens with one attached hydrogen (secondary N) is 1. The lowest BCUT2D eigenvalue weighted by Gasteiger charge is -2.22. The molecule has 0 spiro atoms. The summed E-state index contributed by atoms with van der Waals surface area (Å²) in [6, 6.07) is 13.4. The maximum atomic E-state index is 13.6. The molecule has 0 heterocycles. The highest BCUT2D eigenvalue weighted by molar-refractivity contribution is 5.94. The molecule has 0 aliphatic heterocycles. The standard InChI is InChI=1S/C20H23FN2O3/c1-15(24)23(13-11-16-7-3-6-10-19(16)26-2)14-12-22-20(25)17-8-4-5-9-18(17)21/h3-10H,11-14H2,1-2H3,(H,22,25). The summed E-state index contributed by atoms with van der Waals surface area (Å²) in [7, 11) is 1.61. The number of methoxy groups -OCH3 is 1. The van der Waals surface area contributed by atoms with Gasteiger partial charge in [0.1, 0.15) is 11.6 Å². The van der Waals surface area contributed by atoms with Gasteiger partial charge < -0.3 is 15.0 Å². The number of halogens is 1. The van der Waals surface area contributed by atoms with Crippen LogP contribution in [0.3, 0.4) is 0 Å². The second kappa shape index (κ2) is 9.56. The Balaban J connectivity index is 1.87. The SMILES string of the molecule is COc1ccccc1CCN(CCNC(=O)c1ccccc1F)C(C)=O. The lowest BCUT2D eigenvalue weighted by Crippen LogP contribution is -2.38. The summed E-state index contributed by atoms with van der Waals surface area (Å²) < 4.78 is 18.9. The predicted octanol–water partition coefficient (Wildman–Crippen LogP) is 2.66. The van der Waals surface area contributed by atoms with Gasteiger partial charge in [-0.05, 0) is 30.2 Å². The topological polar surface area (TPSA) is 58.6 Å². The summed E-state index contributed by atoms with van der Waals surface area (Å²) in [5.74, 6) is -0.357. The van der Waals surface area contributed by atoms with Crippen LogP contribution in [0.4, 0.5) is 4.39 Å². The minimum atomic E-state index is -0.565. The van der Waals surface area contributed by atoms with Crippen molar-refractivity contribution in [3.63, 3.8) is 0 Å². The zero-order valence-corrected chi connectivity index (χ0v) is 15.0. The van der Waals surface area contributed by atoms with Crippen LogP contribution >= 0.6 is 0 Å². The summed E-state index contributed by atoms with van der Waals surface area (Å²) in [5, 5.41) is 2.65. The molecular formula is C20H23FN2O3. The fourth-order valence-corrected chi connectivity index (χ4v) is 2.64. The summed E-state index contributed by atoms with van der Waals surface area (Å²) in [6.45, 7) is 2.59. The van der Waals surface area contributed by atoms with E-state index < -0.39 is 11.7 Å². The van der Waals surface area contributed by atoms with Crippen molar-refractivity contribution in [3.05, 3.63) is 65.5 Å². The van der Waals surface area contributed by atoms with E-state index in [1.165, 1.54) is 25.1 Å². The van der Waals surface area contributed by atoms with Gasteiger partial charge in [-0.1, -0.05) is 30.3 Å². The van der Waals surface area contributed by atoms with Crippen molar-refractivity contribution in [2.75, 3.05) is 26.7 Å². The molecule has 2 aromatic rings. The Bertz CT molecular complexity index is 764. The van der Waals surface area contributed by atoms with Crippen molar-refractivity contribution >= 4 is 11.8 Å². The van der Waals surface area contributed by atoms with Crippen LogP contribution in [-0.4, -0.2) is 43.5 Å². The lowest BCUT2D eigenvalue weighted by atomic mass is 10.1. The largest absolute Gasteiger partial charge is 0.496 e. The molecule has 0 atom stereocenters. The molecule has 0 aliphatic carbocycles. The number of carbonyl (C=O) groups excluding carboxylic acids is 2. The minimum absolute atomic E-state index is 0.00380. The van der Waals surface area contributed by atoms with Gasteiger partial charge in [0.25, 0.3) is 5.91 Å². The minimum Gasteiger partial charge on any atom is -0.496 e. The Kier molecular flexibility index (Phi) is 7.14. The smallest absolute Gasteiger partial charge is 0.254 e. The first-order chi connectivity index (χ1) is 12.5. The Hall–Kier alpha value is -2.89. The molecule has 0 aliphatic rings. The summed E-state index contributed by atoms with van der Waals surface area (Å²) in [6.07, 6.45) is 0.644. The molecule has 0 aromatic heterocycles. The lowest BCUT2D eigenvalue weighted by molar-refractivity contribution is -0.128. The van der Waals surface area contributed by atoms with Crippen LogP contribution in [0.2, 0.25) is 0 Å². The van der Waals surface area contributed by atoms with E-state index in [9.17, 15) is 14.0 Å². The van der Waals surface area contributed by atoms with E-state index in [4.69, 9.17) is 4.74 Å². The normalized spacial score (nSPS) is 10.3. The van der Waals surface area contributed by atoms with Crippen molar-refractivity contribution in [3.8, 4) is 5.75 Å². The number of para-hydroxylation sites is 1. The van der Waals surface area contributed by atoms with Gasteiger partial charge in [-0.3, -0.25) is 9.59 Å². The van der Waals surface area contributed by atoms with Gasteiger partial charge in [-0.15, -0.1) is 0 Å². The highest BCUT2D eigenvalue weighted by Crippen LogP contribution is 2.18. The Labute approximate surface area is 152 Å². The average Bonchev–Trinajstić information content (AvgIpc) is 2.64. The van der Waals surface area contributed by atoms with E-state index in [1.54, 1.807) is 18.1 Å². The monoisotopic (exact) mass is 358 g/mol. The van der Waals surface area contributed by atoms with Crippen LogP contribution in [0, 0.1) is 5.82 Å². The maximum absolute atomic E-state index is 13.6. The fourth-order valence-electron chi connectivity index (χ4n) is 2.64. The number of nitrogens with zero attached hydrogens (tertiary/aromatic N) is 1. The van der Waals surface area contributed by atoms with Gasteiger partial charge in [0.2, 0.25) is 5.91 Å². The third-order valence-corrected chi connectivity index (χ3v) is 4.07. The first kappa shape index (κ1) is 19.4. The third kappa shape index (κ3) is 5.31. The first-order valence-electron chi connectivity index (χ1n) is 8.43. The van der Waals surface area contributed by atoms with Crippen molar-refractivity contribution < 1.29 is 18.7 Å². The van der Waals surface area contributed by atoms with Gasteiger partial charge >= 0.3 is 0 Å². The van der Waals surface area contributed by atoms with Gasteiger partial charge in [0, 0.05) is 26.6 Å². The van der Waals surface area contributed by atoms with Crippen LogP contribution in [0.25, 0.3) is 0 Å². The molecule has 0 saturated carbocycles. The van der Waals surface area contributed by atoms with Gasteiger partial charge in [-0.25, -0.2) is 4.39 Å². The number of hydrogen-bond donors (Lipinski definition) is 1. The molecule has 0 bridgehead atoms.